The lowest BCUT2D eigenvalue weighted by Gasteiger charge is -2.09. The fourth-order valence-corrected chi connectivity index (χ4v) is 2.35. The average molecular weight is 274 g/mol. The Kier molecular flexibility index (Phi) is 3.56. The topological polar surface area (TPSA) is 61.2 Å². The van der Waals surface area contributed by atoms with Gasteiger partial charge in [0.15, 0.2) is 0 Å². The highest BCUT2D eigenvalue weighted by atomic mass is 16.5. The van der Waals surface area contributed by atoms with Gasteiger partial charge in [-0.05, 0) is 30.7 Å². The zero-order valence-electron chi connectivity index (χ0n) is 11.7. The molecule has 6 nitrogen and oxygen atoms in total. The van der Waals surface area contributed by atoms with Gasteiger partial charge in [0.05, 0.1) is 13.7 Å². The Morgan fingerprint density at radius 2 is 2.10 bits per heavy atom. The summed E-state index contributed by atoms with van der Waals surface area (Å²) >= 11 is 0. The highest BCUT2D eigenvalue weighted by Gasteiger charge is 2.23. The van der Waals surface area contributed by atoms with Crippen LogP contribution < -0.4 is 10.1 Å². The highest BCUT2D eigenvalue weighted by Crippen LogP contribution is 2.26. The predicted molar refractivity (Wildman–Crippen MR) is 75.5 cm³/mol. The van der Waals surface area contributed by atoms with Crippen LogP contribution in [0.15, 0.2) is 24.3 Å². The standard InChI is InChI=1S/C14H18N4O2/c1-18-13(10-7-8-20-9-10)16-17-14(18)15-11-3-5-12(19-2)6-4-11/h3-6,10H,7-9H2,1-2H3,(H,15,17). The van der Waals surface area contributed by atoms with Gasteiger partial charge in [0.1, 0.15) is 11.6 Å². The number of nitrogens with one attached hydrogen (secondary N) is 1. The lowest BCUT2D eigenvalue weighted by Crippen LogP contribution is -2.07. The largest absolute Gasteiger partial charge is 0.497 e. The van der Waals surface area contributed by atoms with Crippen LogP contribution in [-0.2, 0) is 11.8 Å². The number of hydrogen-bond acceptors (Lipinski definition) is 5. The maximum Gasteiger partial charge on any atom is 0.228 e. The van der Waals surface area contributed by atoms with Gasteiger partial charge in [-0.15, -0.1) is 10.2 Å². The Morgan fingerprint density at radius 1 is 1.30 bits per heavy atom. The first-order chi connectivity index (χ1) is 9.78. The van der Waals surface area contributed by atoms with Gasteiger partial charge in [0, 0.05) is 25.3 Å². The first kappa shape index (κ1) is 12.9. The van der Waals surface area contributed by atoms with Gasteiger partial charge in [-0.25, -0.2) is 0 Å². The maximum absolute atomic E-state index is 5.40. The van der Waals surface area contributed by atoms with Crippen molar-refractivity contribution in [3.8, 4) is 5.75 Å². The minimum Gasteiger partial charge on any atom is -0.497 e. The lowest BCUT2D eigenvalue weighted by molar-refractivity contribution is 0.193. The Morgan fingerprint density at radius 3 is 2.75 bits per heavy atom. The molecule has 0 amide bonds. The maximum atomic E-state index is 5.40. The van der Waals surface area contributed by atoms with E-state index in [9.17, 15) is 0 Å². The van der Waals surface area contributed by atoms with Gasteiger partial charge in [-0.2, -0.15) is 0 Å². The summed E-state index contributed by atoms with van der Waals surface area (Å²) in [5.41, 5.74) is 0.954. The van der Waals surface area contributed by atoms with E-state index in [1.54, 1.807) is 7.11 Å². The van der Waals surface area contributed by atoms with E-state index in [4.69, 9.17) is 9.47 Å². The van der Waals surface area contributed by atoms with Crippen molar-refractivity contribution in [3.05, 3.63) is 30.1 Å². The minimum atomic E-state index is 0.346. The van der Waals surface area contributed by atoms with Gasteiger partial charge in [-0.3, -0.25) is 4.57 Å². The summed E-state index contributed by atoms with van der Waals surface area (Å²) in [5.74, 6) is 2.88. The van der Waals surface area contributed by atoms with Gasteiger partial charge in [0.2, 0.25) is 5.95 Å². The molecule has 2 heterocycles. The van der Waals surface area contributed by atoms with Crippen LogP contribution in [0.25, 0.3) is 0 Å². The van der Waals surface area contributed by atoms with Crippen molar-refractivity contribution in [2.24, 2.45) is 7.05 Å². The summed E-state index contributed by atoms with van der Waals surface area (Å²) in [4.78, 5) is 0. The normalized spacial score (nSPS) is 18.2. The number of ether oxygens (including phenoxy) is 2. The summed E-state index contributed by atoms with van der Waals surface area (Å²) in [6.45, 7) is 1.53. The third-order valence-electron chi connectivity index (χ3n) is 3.55. The van der Waals surface area contributed by atoms with Crippen LogP contribution in [0.5, 0.6) is 5.75 Å². The number of nitrogens with zero attached hydrogens (tertiary/aromatic N) is 3. The van der Waals surface area contributed by atoms with Gasteiger partial charge in [-0.1, -0.05) is 0 Å². The molecule has 1 aliphatic heterocycles. The van der Waals surface area contributed by atoms with Crippen molar-refractivity contribution >= 4 is 11.6 Å². The van der Waals surface area contributed by atoms with E-state index >= 15 is 0 Å². The molecule has 6 heteroatoms. The quantitative estimate of drug-likeness (QED) is 0.924. The molecule has 1 aromatic heterocycles. The Hall–Kier alpha value is -2.08. The first-order valence-corrected chi connectivity index (χ1v) is 6.66. The minimum absolute atomic E-state index is 0.346. The van der Waals surface area contributed by atoms with E-state index < -0.39 is 0 Å². The molecule has 1 aliphatic rings. The number of hydrogen-bond donors (Lipinski definition) is 1. The third-order valence-corrected chi connectivity index (χ3v) is 3.55. The summed E-state index contributed by atoms with van der Waals surface area (Å²) in [6, 6.07) is 7.71. The van der Waals surface area contributed by atoms with Crippen molar-refractivity contribution < 1.29 is 9.47 Å². The van der Waals surface area contributed by atoms with Crippen LogP contribution >= 0.6 is 0 Å². The zero-order valence-corrected chi connectivity index (χ0v) is 11.7. The molecule has 20 heavy (non-hydrogen) atoms. The number of benzene rings is 1. The fourth-order valence-electron chi connectivity index (χ4n) is 2.35. The van der Waals surface area contributed by atoms with Crippen LogP contribution in [0, 0.1) is 0 Å². The molecule has 0 radical (unpaired) electrons. The summed E-state index contributed by atoms with van der Waals surface area (Å²) in [5, 5.41) is 11.7. The molecular formula is C14H18N4O2. The number of anilines is 2. The van der Waals surface area contributed by atoms with Gasteiger partial charge < -0.3 is 14.8 Å². The van der Waals surface area contributed by atoms with Gasteiger partial charge >= 0.3 is 0 Å². The van der Waals surface area contributed by atoms with Gasteiger partial charge in [0.25, 0.3) is 0 Å². The van der Waals surface area contributed by atoms with Crippen LogP contribution in [0.1, 0.15) is 18.2 Å². The molecule has 106 valence electrons. The molecule has 0 spiro atoms. The zero-order chi connectivity index (χ0) is 13.9. The summed E-state index contributed by atoms with van der Waals surface area (Å²) < 4.78 is 12.5. The van der Waals surface area contributed by atoms with E-state index in [2.05, 4.69) is 15.5 Å². The van der Waals surface area contributed by atoms with Crippen LogP contribution in [0.3, 0.4) is 0 Å². The molecule has 1 fully saturated rings. The van der Waals surface area contributed by atoms with E-state index in [-0.39, 0.29) is 0 Å². The monoisotopic (exact) mass is 274 g/mol. The second-order valence-corrected chi connectivity index (χ2v) is 4.85. The average Bonchev–Trinajstić information content (AvgIpc) is 3.11. The molecule has 2 aromatic rings. The molecule has 0 bridgehead atoms. The van der Waals surface area contributed by atoms with Crippen molar-refractivity contribution in [2.75, 3.05) is 25.6 Å². The SMILES string of the molecule is COc1ccc(Nc2nnc(C3CCOC3)n2C)cc1. The fraction of sp³-hybridized carbons (Fsp3) is 0.429. The summed E-state index contributed by atoms with van der Waals surface area (Å²) in [7, 11) is 3.63. The Labute approximate surface area is 117 Å². The van der Waals surface area contributed by atoms with E-state index in [1.165, 1.54) is 0 Å². The molecular weight excluding hydrogens is 256 g/mol. The second-order valence-electron chi connectivity index (χ2n) is 4.85. The molecule has 0 saturated carbocycles. The third kappa shape index (κ3) is 2.46. The smallest absolute Gasteiger partial charge is 0.228 e. The van der Waals surface area contributed by atoms with E-state index in [0.717, 1.165) is 42.8 Å². The lowest BCUT2D eigenvalue weighted by atomic mass is 10.1. The molecule has 1 saturated heterocycles. The Bertz CT molecular complexity index is 573. The highest BCUT2D eigenvalue weighted by molar-refractivity contribution is 5.54. The molecule has 3 rings (SSSR count). The van der Waals surface area contributed by atoms with Crippen LogP contribution in [0.2, 0.25) is 0 Å². The predicted octanol–water partition coefficient (Wildman–Crippen LogP) is 2.07. The number of rotatable bonds is 4. The summed E-state index contributed by atoms with van der Waals surface area (Å²) in [6.07, 6.45) is 1.01. The second kappa shape index (κ2) is 5.50. The van der Waals surface area contributed by atoms with Crippen molar-refractivity contribution in [2.45, 2.75) is 12.3 Å². The van der Waals surface area contributed by atoms with Crippen molar-refractivity contribution in [3.63, 3.8) is 0 Å². The number of aromatic nitrogens is 3. The van der Waals surface area contributed by atoms with Crippen molar-refractivity contribution in [1.82, 2.24) is 14.8 Å². The number of methoxy groups -OCH3 is 1. The van der Waals surface area contributed by atoms with Crippen LogP contribution in [0.4, 0.5) is 11.6 Å². The first-order valence-electron chi connectivity index (χ1n) is 6.66. The molecule has 1 atom stereocenters. The Balaban J connectivity index is 1.76. The molecule has 1 N–H and O–H groups in total. The molecule has 0 aliphatic carbocycles. The van der Waals surface area contributed by atoms with E-state index in [0.29, 0.717) is 5.92 Å². The molecule has 1 unspecified atom stereocenters. The van der Waals surface area contributed by atoms with Crippen LogP contribution in [-0.4, -0.2) is 35.1 Å². The van der Waals surface area contributed by atoms with E-state index in [1.807, 2.05) is 35.9 Å². The van der Waals surface area contributed by atoms with Crippen molar-refractivity contribution in [1.29, 1.82) is 0 Å². The molecule has 1 aromatic carbocycles.